The van der Waals surface area contributed by atoms with E-state index in [1.165, 1.54) is 6.42 Å². The predicted octanol–water partition coefficient (Wildman–Crippen LogP) is 2.17. The number of hydrogen-bond acceptors (Lipinski definition) is 5. The lowest BCUT2D eigenvalue weighted by atomic mass is 10.1. The predicted molar refractivity (Wildman–Crippen MR) is 81.2 cm³/mol. The lowest BCUT2D eigenvalue weighted by molar-refractivity contribution is -0.137. The summed E-state index contributed by atoms with van der Waals surface area (Å²) in [5.41, 5.74) is 1.58. The van der Waals surface area contributed by atoms with E-state index in [1.807, 2.05) is 30.0 Å². The number of piperidine rings is 1. The lowest BCUT2D eigenvalue weighted by Crippen LogP contribution is -2.37. The van der Waals surface area contributed by atoms with Gasteiger partial charge in [0.15, 0.2) is 18.1 Å². The molecular weight excluding hydrogens is 284 g/mol. The number of fused-ring (bicyclic) bond motifs is 1. The fourth-order valence-electron chi connectivity index (χ4n) is 2.59. The maximum atomic E-state index is 12.0. The van der Waals surface area contributed by atoms with Gasteiger partial charge in [-0.1, -0.05) is 5.16 Å². The second-order valence-corrected chi connectivity index (χ2v) is 5.46. The first-order valence-electron chi connectivity index (χ1n) is 7.58. The van der Waals surface area contributed by atoms with Gasteiger partial charge in [-0.15, -0.1) is 0 Å². The van der Waals surface area contributed by atoms with Crippen molar-refractivity contribution in [1.29, 1.82) is 0 Å². The summed E-state index contributed by atoms with van der Waals surface area (Å²) in [4.78, 5) is 19.0. The van der Waals surface area contributed by atoms with Crippen molar-refractivity contribution in [1.82, 2.24) is 4.90 Å². The van der Waals surface area contributed by atoms with Crippen LogP contribution in [0.3, 0.4) is 0 Å². The first kappa shape index (κ1) is 14.7. The molecule has 0 unspecified atom stereocenters. The average Bonchev–Trinajstić information content (AvgIpc) is 3.03. The number of benzene rings is 1. The van der Waals surface area contributed by atoms with Gasteiger partial charge in [0.2, 0.25) is 6.79 Å². The van der Waals surface area contributed by atoms with Crippen LogP contribution in [0.25, 0.3) is 0 Å². The largest absolute Gasteiger partial charge is 0.454 e. The van der Waals surface area contributed by atoms with Crippen LogP contribution in [-0.2, 0) is 9.63 Å². The van der Waals surface area contributed by atoms with Gasteiger partial charge in [-0.25, -0.2) is 0 Å². The van der Waals surface area contributed by atoms with Crippen molar-refractivity contribution in [2.75, 3.05) is 26.5 Å². The highest BCUT2D eigenvalue weighted by Crippen LogP contribution is 2.32. The summed E-state index contributed by atoms with van der Waals surface area (Å²) >= 11 is 0. The van der Waals surface area contributed by atoms with Gasteiger partial charge in [0.05, 0.1) is 5.71 Å². The van der Waals surface area contributed by atoms with Gasteiger partial charge >= 0.3 is 0 Å². The highest BCUT2D eigenvalue weighted by Gasteiger charge is 2.17. The normalized spacial score (nSPS) is 17.5. The third-order valence-corrected chi connectivity index (χ3v) is 3.89. The molecule has 0 radical (unpaired) electrons. The van der Waals surface area contributed by atoms with Crippen LogP contribution < -0.4 is 9.47 Å². The fraction of sp³-hybridized carbons (Fsp3) is 0.500. The van der Waals surface area contributed by atoms with Crippen LogP contribution in [0.1, 0.15) is 31.7 Å². The molecular formula is C16H20N2O4. The lowest BCUT2D eigenvalue weighted by Gasteiger charge is -2.26. The van der Waals surface area contributed by atoms with E-state index in [2.05, 4.69) is 5.16 Å². The Morgan fingerprint density at radius 3 is 2.82 bits per heavy atom. The van der Waals surface area contributed by atoms with Gasteiger partial charge in [-0.05, 0) is 44.4 Å². The molecule has 3 rings (SSSR count). The molecule has 2 aliphatic rings. The van der Waals surface area contributed by atoms with Gasteiger partial charge in [0, 0.05) is 18.7 Å². The zero-order chi connectivity index (χ0) is 15.4. The number of amides is 1. The zero-order valence-electron chi connectivity index (χ0n) is 12.7. The van der Waals surface area contributed by atoms with Crippen molar-refractivity contribution in [3.63, 3.8) is 0 Å². The minimum Gasteiger partial charge on any atom is -0.454 e. The monoisotopic (exact) mass is 304 g/mol. The summed E-state index contributed by atoms with van der Waals surface area (Å²) in [5.74, 6) is 1.44. The Morgan fingerprint density at radius 1 is 1.23 bits per heavy atom. The van der Waals surface area contributed by atoms with E-state index >= 15 is 0 Å². The van der Waals surface area contributed by atoms with Crippen LogP contribution in [0, 0.1) is 0 Å². The molecule has 0 bridgehead atoms. The van der Waals surface area contributed by atoms with Crippen LogP contribution in [0.15, 0.2) is 23.4 Å². The summed E-state index contributed by atoms with van der Waals surface area (Å²) in [6.07, 6.45) is 3.35. The van der Waals surface area contributed by atoms with Crippen molar-refractivity contribution in [3.05, 3.63) is 23.8 Å². The Hall–Kier alpha value is -2.24. The number of ether oxygens (including phenoxy) is 2. The molecule has 1 amide bonds. The summed E-state index contributed by atoms with van der Waals surface area (Å²) < 4.78 is 10.6. The van der Waals surface area contributed by atoms with Crippen LogP contribution in [0.5, 0.6) is 11.5 Å². The molecule has 2 aliphatic heterocycles. The molecule has 1 saturated heterocycles. The molecule has 6 nitrogen and oxygen atoms in total. The third kappa shape index (κ3) is 3.32. The Kier molecular flexibility index (Phi) is 4.46. The van der Waals surface area contributed by atoms with Crippen molar-refractivity contribution in [2.45, 2.75) is 26.2 Å². The van der Waals surface area contributed by atoms with Crippen LogP contribution in [0.2, 0.25) is 0 Å². The molecule has 22 heavy (non-hydrogen) atoms. The van der Waals surface area contributed by atoms with Crippen molar-refractivity contribution in [2.24, 2.45) is 5.16 Å². The maximum absolute atomic E-state index is 12.0. The summed E-state index contributed by atoms with van der Waals surface area (Å²) in [5, 5.41) is 4.03. The molecule has 0 atom stereocenters. The van der Waals surface area contributed by atoms with Crippen LogP contribution >= 0.6 is 0 Å². The van der Waals surface area contributed by atoms with Gasteiger partial charge in [-0.2, -0.15) is 0 Å². The first-order valence-corrected chi connectivity index (χ1v) is 7.58. The molecule has 6 heteroatoms. The number of hydrogen-bond donors (Lipinski definition) is 0. The molecule has 1 aromatic rings. The van der Waals surface area contributed by atoms with Gasteiger partial charge in [0.25, 0.3) is 5.91 Å². The van der Waals surface area contributed by atoms with Crippen molar-refractivity contribution >= 4 is 11.6 Å². The second kappa shape index (κ2) is 6.68. The molecule has 0 aliphatic carbocycles. The molecule has 1 aromatic carbocycles. The number of oxime groups is 1. The number of nitrogens with zero attached hydrogens (tertiary/aromatic N) is 2. The number of likely N-dealkylation sites (tertiary alicyclic amines) is 1. The molecule has 0 spiro atoms. The highest BCUT2D eigenvalue weighted by molar-refractivity contribution is 5.99. The standard InChI is InChI=1S/C16H20N2O4/c1-12(13-5-6-14-15(9-13)21-11-20-14)17-22-10-16(19)18-7-3-2-4-8-18/h5-6,9H,2-4,7-8,10-11H2,1H3/b17-12-. The van der Waals surface area contributed by atoms with E-state index in [-0.39, 0.29) is 19.3 Å². The first-order chi connectivity index (χ1) is 10.7. The quantitative estimate of drug-likeness (QED) is 0.632. The van der Waals surface area contributed by atoms with Gasteiger partial charge in [-0.3, -0.25) is 4.79 Å². The molecule has 0 N–H and O–H groups in total. The Morgan fingerprint density at radius 2 is 2.00 bits per heavy atom. The minimum absolute atomic E-state index is 0.00179. The zero-order valence-corrected chi connectivity index (χ0v) is 12.7. The summed E-state index contributed by atoms with van der Waals surface area (Å²) in [6, 6.07) is 5.59. The Bertz CT molecular complexity index is 580. The number of rotatable bonds is 4. The summed E-state index contributed by atoms with van der Waals surface area (Å²) in [7, 11) is 0. The minimum atomic E-state index is -0.0120. The highest BCUT2D eigenvalue weighted by atomic mass is 16.7. The molecule has 2 heterocycles. The maximum Gasteiger partial charge on any atom is 0.263 e. The van der Waals surface area contributed by atoms with Crippen LogP contribution in [0.4, 0.5) is 0 Å². The van der Waals surface area contributed by atoms with Gasteiger partial charge < -0.3 is 19.2 Å². The Balaban J connectivity index is 1.54. The van der Waals surface area contributed by atoms with Crippen molar-refractivity contribution < 1.29 is 19.1 Å². The topological polar surface area (TPSA) is 60.4 Å². The number of carbonyl (C=O) groups excluding carboxylic acids is 1. The average molecular weight is 304 g/mol. The van der Waals surface area contributed by atoms with E-state index in [9.17, 15) is 4.79 Å². The van der Waals surface area contributed by atoms with E-state index in [4.69, 9.17) is 14.3 Å². The smallest absolute Gasteiger partial charge is 0.263 e. The number of carbonyl (C=O) groups is 1. The SMILES string of the molecule is C/C(=N/OCC(=O)N1CCCCC1)c1ccc2c(c1)OCO2. The van der Waals surface area contributed by atoms with E-state index in [1.54, 1.807) is 0 Å². The van der Waals surface area contributed by atoms with E-state index in [0.717, 1.165) is 37.2 Å². The summed E-state index contributed by atoms with van der Waals surface area (Å²) in [6.45, 7) is 3.72. The molecule has 118 valence electrons. The third-order valence-electron chi connectivity index (χ3n) is 3.89. The van der Waals surface area contributed by atoms with Gasteiger partial charge in [0.1, 0.15) is 0 Å². The fourth-order valence-corrected chi connectivity index (χ4v) is 2.59. The van der Waals surface area contributed by atoms with Crippen LogP contribution in [-0.4, -0.2) is 43.0 Å². The van der Waals surface area contributed by atoms with E-state index in [0.29, 0.717) is 11.5 Å². The van der Waals surface area contributed by atoms with E-state index < -0.39 is 0 Å². The molecule has 0 saturated carbocycles. The Labute approximate surface area is 129 Å². The molecule has 1 fully saturated rings. The second-order valence-electron chi connectivity index (χ2n) is 5.46. The molecule has 0 aromatic heterocycles. The van der Waals surface area contributed by atoms with Crippen molar-refractivity contribution in [3.8, 4) is 11.5 Å².